The molecule has 1 aliphatic rings. The van der Waals surface area contributed by atoms with Gasteiger partial charge in [0.15, 0.2) is 0 Å². The zero-order chi connectivity index (χ0) is 10.5. The zero-order valence-corrected chi connectivity index (χ0v) is 9.37. The maximum absolute atomic E-state index is 4.32. The highest BCUT2D eigenvalue weighted by Crippen LogP contribution is 2.27. The van der Waals surface area contributed by atoms with E-state index in [-0.39, 0.29) is 0 Å². The highest BCUT2D eigenvalue weighted by atomic mass is 15.1. The minimum Gasteiger partial charge on any atom is -0.354 e. The number of anilines is 1. The lowest BCUT2D eigenvalue weighted by Gasteiger charge is -2.09. The van der Waals surface area contributed by atoms with Gasteiger partial charge in [-0.1, -0.05) is 25.7 Å². The third-order valence-corrected chi connectivity index (χ3v) is 3.11. The fourth-order valence-electron chi connectivity index (χ4n) is 2.22. The molecule has 1 fully saturated rings. The fourth-order valence-corrected chi connectivity index (χ4v) is 2.22. The van der Waals surface area contributed by atoms with Crippen molar-refractivity contribution in [3.63, 3.8) is 0 Å². The molecule has 1 N–H and O–H groups in total. The summed E-state index contributed by atoms with van der Waals surface area (Å²) in [4.78, 5) is 8.50. The second kappa shape index (κ2) is 5.10. The molecule has 0 radical (unpaired) electrons. The summed E-state index contributed by atoms with van der Waals surface area (Å²) < 4.78 is 0. The Balaban J connectivity index is 1.73. The van der Waals surface area contributed by atoms with E-state index in [4.69, 9.17) is 0 Å². The second-order valence-corrected chi connectivity index (χ2v) is 4.39. The topological polar surface area (TPSA) is 37.8 Å². The maximum atomic E-state index is 4.32. The van der Waals surface area contributed by atoms with Crippen molar-refractivity contribution in [2.45, 2.75) is 39.0 Å². The Morgan fingerprint density at radius 3 is 2.93 bits per heavy atom. The molecule has 0 unspecified atom stereocenters. The highest BCUT2D eigenvalue weighted by molar-refractivity contribution is 5.24. The van der Waals surface area contributed by atoms with Crippen LogP contribution in [0.1, 0.15) is 37.8 Å². The largest absolute Gasteiger partial charge is 0.354 e. The van der Waals surface area contributed by atoms with Crippen LogP contribution in [0.4, 0.5) is 5.95 Å². The molecule has 0 aromatic carbocycles. The molecule has 0 bridgehead atoms. The number of hydrogen-bond donors (Lipinski definition) is 1. The normalized spacial score (nSPS) is 16.9. The number of nitrogens with one attached hydrogen (secondary N) is 1. The number of nitrogens with zero attached hydrogens (tertiary/aromatic N) is 2. The van der Waals surface area contributed by atoms with Crippen LogP contribution in [0.15, 0.2) is 12.3 Å². The third kappa shape index (κ3) is 3.18. The molecular formula is C12H19N3. The highest BCUT2D eigenvalue weighted by Gasteiger charge is 2.14. The molecule has 0 amide bonds. The van der Waals surface area contributed by atoms with Gasteiger partial charge in [0, 0.05) is 18.4 Å². The van der Waals surface area contributed by atoms with Gasteiger partial charge in [0.1, 0.15) is 0 Å². The summed E-state index contributed by atoms with van der Waals surface area (Å²) in [5.41, 5.74) is 1.02. The van der Waals surface area contributed by atoms with E-state index in [0.717, 1.165) is 24.1 Å². The summed E-state index contributed by atoms with van der Waals surface area (Å²) in [6.45, 7) is 3.00. The summed E-state index contributed by atoms with van der Waals surface area (Å²) in [5, 5.41) is 3.29. The zero-order valence-electron chi connectivity index (χ0n) is 9.37. The van der Waals surface area contributed by atoms with Crippen LogP contribution in [0, 0.1) is 12.8 Å². The molecule has 0 saturated heterocycles. The van der Waals surface area contributed by atoms with Crippen molar-refractivity contribution in [3.8, 4) is 0 Å². The van der Waals surface area contributed by atoms with E-state index in [2.05, 4.69) is 15.3 Å². The van der Waals surface area contributed by atoms with Crippen LogP contribution in [-0.4, -0.2) is 16.5 Å². The van der Waals surface area contributed by atoms with Crippen molar-refractivity contribution in [1.82, 2.24) is 9.97 Å². The van der Waals surface area contributed by atoms with Gasteiger partial charge in [-0.15, -0.1) is 0 Å². The van der Waals surface area contributed by atoms with Crippen molar-refractivity contribution in [2.24, 2.45) is 5.92 Å². The SMILES string of the molecule is Cc1ccnc(NCCC2CCCC2)n1. The average Bonchev–Trinajstić information content (AvgIpc) is 2.71. The van der Waals surface area contributed by atoms with Crippen molar-refractivity contribution in [3.05, 3.63) is 18.0 Å². The number of rotatable bonds is 4. The number of aryl methyl sites for hydroxylation is 1. The van der Waals surface area contributed by atoms with Gasteiger partial charge in [-0.25, -0.2) is 9.97 Å². The first-order valence-corrected chi connectivity index (χ1v) is 5.88. The Hall–Kier alpha value is -1.12. The van der Waals surface area contributed by atoms with Gasteiger partial charge in [0.2, 0.25) is 5.95 Å². The molecule has 3 nitrogen and oxygen atoms in total. The predicted molar refractivity (Wildman–Crippen MR) is 61.8 cm³/mol. The molecule has 0 aliphatic heterocycles. The predicted octanol–water partition coefficient (Wildman–Crippen LogP) is 2.78. The van der Waals surface area contributed by atoms with E-state index in [0.29, 0.717) is 0 Å². The first-order chi connectivity index (χ1) is 7.34. The van der Waals surface area contributed by atoms with E-state index < -0.39 is 0 Å². The minimum absolute atomic E-state index is 0.771. The second-order valence-electron chi connectivity index (χ2n) is 4.39. The monoisotopic (exact) mass is 205 g/mol. The van der Waals surface area contributed by atoms with E-state index in [9.17, 15) is 0 Å². The lowest BCUT2D eigenvalue weighted by atomic mass is 10.0. The summed E-state index contributed by atoms with van der Waals surface area (Å²) in [6.07, 6.45) is 8.74. The smallest absolute Gasteiger partial charge is 0.222 e. The lowest BCUT2D eigenvalue weighted by Crippen LogP contribution is -2.09. The van der Waals surface area contributed by atoms with E-state index >= 15 is 0 Å². The van der Waals surface area contributed by atoms with Crippen LogP contribution in [0.3, 0.4) is 0 Å². The van der Waals surface area contributed by atoms with Crippen molar-refractivity contribution < 1.29 is 0 Å². The van der Waals surface area contributed by atoms with Gasteiger partial charge < -0.3 is 5.32 Å². The molecule has 3 heteroatoms. The molecular weight excluding hydrogens is 186 g/mol. The molecule has 82 valence electrons. The fraction of sp³-hybridized carbons (Fsp3) is 0.667. The van der Waals surface area contributed by atoms with Crippen LogP contribution in [0.2, 0.25) is 0 Å². The van der Waals surface area contributed by atoms with Crippen LogP contribution >= 0.6 is 0 Å². The summed E-state index contributed by atoms with van der Waals surface area (Å²) in [6, 6.07) is 1.92. The van der Waals surface area contributed by atoms with E-state index in [1.165, 1.54) is 32.1 Å². The molecule has 1 aromatic rings. The molecule has 1 heterocycles. The van der Waals surface area contributed by atoms with Gasteiger partial charge in [-0.05, 0) is 25.3 Å². The first-order valence-electron chi connectivity index (χ1n) is 5.88. The molecule has 15 heavy (non-hydrogen) atoms. The van der Waals surface area contributed by atoms with Crippen molar-refractivity contribution in [1.29, 1.82) is 0 Å². The molecule has 0 spiro atoms. The van der Waals surface area contributed by atoms with Gasteiger partial charge >= 0.3 is 0 Å². The number of aromatic nitrogens is 2. The summed E-state index contributed by atoms with van der Waals surface area (Å²) >= 11 is 0. The molecule has 2 rings (SSSR count). The van der Waals surface area contributed by atoms with Gasteiger partial charge in [-0.2, -0.15) is 0 Å². The maximum Gasteiger partial charge on any atom is 0.222 e. The van der Waals surface area contributed by atoms with Crippen LogP contribution in [0.25, 0.3) is 0 Å². The standard InChI is InChI=1S/C12H19N3/c1-10-6-8-13-12(15-10)14-9-7-11-4-2-3-5-11/h6,8,11H,2-5,7,9H2,1H3,(H,13,14,15). The third-order valence-electron chi connectivity index (χ3n) is 3.11. The molecule has 1 aliphatic carbocycles. The molecule has 0 atom stereocenters. The summed E-state index contributed by atoms with van der Waals surface area (Å²) in [7, 11) is 0. The van der Waals surface area contributed by atoms with E-state index in [1.54, 1.807) is 6.20 Å². The molecule has 1 aromatic heterocycles. The first kappa shape index (κ1) is 10.4. The minimum atomic E-state index is 0.771. The van der Waals surface area contributed by atoms with Gasteiger partial charge in [0.25, 0.3) is 0 Å². The average molecular weight is 205 g/mol. The van der Waals surface area contributed by atoms with Crippen LogP contribution in [-0.2, 0) is 0 Å². The Morgan fingerprint density at radius 2 is 2.20 bits per heavy atom. The Bertz CT molecular complexity index is 305. The lowest BCUT2D eigenvalue weighted by molar-refractivity contribution is 0.518. The Labute approximate surface area is 91.3 Å². The summed E-state index contributed by atoms with van der Waals surface area (Å²) in [5.74, 6) is 1.70. The quantitative estimate of drug-likeness (QED) is 0.821. The number of hydrogen-bond acceptors (Lipinski definition) is 3. The van der Waals surface area contributed by atoms with Crippen LogP contribution < -0.4 is 5.32 Å². The Morgan fingerprint density at radius 1 is 1.40 bits per heavy atom. The van der Waals surface area contributed by atoms with Gasteiger partial charge in [0.05, 0.1) is 0 Å². The Kier molecular flexibility index (Phi) is 3.54. The van der Waals surface area contributed by atoms with E-state index in [1.807, 2.05) is 13.0 Å². The van der Waals surface area contributed by atoms with Crippen molar-refractivity contribution >= 4 is 5.95 Å². The van der Waals surface area contributed by atoms with Crippen LogP contribution in [0.5, 0.6) is 0 Å². The van der Waals surface area contributed by atoms with Crippen molar-refractivity contribution in [2.75, 3.05) is 11.9 Å². The van der Waals surface area contributed by atoms with Gasteiger partial charge in [-0.3, -0.25) is 0 Å². The molecule has 1 saturated carbocycles.